The molecule has 1 aliphatic heterocycles. The standard InChI is InChI=1S/C7H12N6O/c8-6(14)5-13-10-7(9-11-13)12-3-1-2-4-12/h1-5H2,(H2,8,14). The van der Waals surface area contributed by atoms with Crippen LogP contribution in [0, 0.1) is 0 Å². The van der Waals surface area contributed by atoms with Gasteiger partial charge in [0, 0.05) is 13.1 Å². The number of hydrogen-bond donors (Lipinski definition) is 1. The second kappa shape index (κ2) is 3.60. The van der Waals surface area contributed by atoms with Gasteiger partial charge in [-0.25, -0.2) is 0 Å². The van der Waals surface area contributed by atoms with Crippen LogP contribution in [0.4, 0.5) is 5.95 Å². The summed E-state index contributed by atoms with van der Waals surface area (Å²) < 4.78 is 0. The molecule has 0 aromatic carbocycles. The Hall–Kier alpha value is -1.66. The maximum atomic E-state index is 10.6. The van der Waals surface area contributed by atoms with Crippen molar-refractivity contribution in [2.45, 2.75) is 19.4 Å². The molecule has 0 radical (unpaired) electrons. The monoisotopic (exact) mass is 196 g/mol. The van der Waals surface area contributed by atoms with Crippen molar-refractivity contribution in [1.29, 1.82) is 0 Å². The van der Waals surface area contributed by atoms with Crippen LogP contribution >= 0.6 is 0 Å². The minimum atomic E-state index is -0.463. The molecule has 1 saturated heterocycles. The highest BCUT2D eigenvalue weighted by Crippen LogP contribution is 2.13. The maximum absolute atomic E-state index is 10.6. The van der Waals surface area contributed by atoms with Gasteiger partial charge in [-0.2, -0.15) is 4.80 Å². The van der Waals surface area contributed by atoms with E-state index in [1.807, 2.05) is 4.90 Å². The largest absolute Gasteiger partial charge is 0.368 e. The van der Waals surface area contributed by atoms with E-state index < -0.39 is 5.91 Å². The normalized spacial score (nSPS) is 16.1. The van der Waals surface area contributed by atoms with Crippen LogP contribution in [-0.4, -0.2) is 39.2 Å². The fourth-order valence-electron chi connectivity index (χ4n) is 1.48. The molecule has 7 heteroatoms. The zero-order chi connectivity index (χ0) is 9.97. The highest BCUT2D eigenvalue weighted by molar-refractivity contribution is 5.73. The second-order valence-electron chi connectivity index (χ2n) is 3.28. The number of carbonyl (C=O) groups is 1. The zero-order valence-corrected chi connectivity index (χ0v) is 7.76. The van der Waals surface area contributed by atoms with Crippen molar-refractivity contribution in [3.8, 4) is 0 Å². The van der Waals surface area contributed by atoms with Crippen LogP contribution in [0.5, 0.6) is 0 Å². The summed E-state index contributed by atoms with van der Waals surface area (Å²) in [4.78, 5) is 13.8. The Labute approximate surface area is 80.9 Å². The summed E-state index contributed by atoms with van der Waals surface area (Å²) in [5.74, 6) is 0.124. The third-order valence-corrected chi connectivity index (χ3v) is 2.13. The van der Waals surface area contributed by atoms with Gasteiger partial charge in [0.15, 0.2) is 0 Å². The summed E-state index contributed by atoms with van der Waals surface area (Å²) in [6.07, 6.45) is 2.31. The Kier molecular flexibility index (Phi) is 2.30. The Morgan fingerprint density at radius 3 is 2.79 bits per heavy atom. The summed E-state index contributed by atoms with van der Waals surface area (Å²) in [6, 6.07) is 0. The predicted molar refractivity (Wildman–Crippen MR) is 48.5 cm³/mol. The number of nitrogens with zero attached hydrogens (tertiary/aromatic N) is 5. The van der Waals surface area contributed by atoms with Crippen LogP contribution in [-0.2, 0) is 11.3 Å². The second-order valence-corrected chi connectivity index (χ2v) is 3.28. The summed E-state index contributed by atoms with van der Waals surface area (Å²) in [5.41, 5.74) is 5.01. The number of amides is 1. The third kappa shape index (κ3) is 1.81. The number of carbonyl (C=O) groups excluding carboxylic acids is 1. The molecule has 1 amide bonds. The van der Waals surface area contributed by atoms with Gasteiger partial charge in [0.1, 0.15) is 6.54 Å². The van der Waals surface area contributed by atoms with Crippen molar-refractivity contribution in [3.05, 3.63) is 0 Å². The molecule has 2 rings (SSSR count). The molecule has 14 heavy (non-hydrogen) atoms. The molecule has 0 aliphatic carbocycles. The molecule has 76 valence electrons. The lowest BCUT2D eigenvalue weighted by Gasteiger charge is -2.09. The van der Waals surface area contributed by atoms with Gasteiger partial charge in [0.2, 0.25) is 5.91 Å². The fraction of sp³-hybridized carbons (Fsp3) is 0.714. The number of anilines is 1. The molecule has 0 unspecified atom stereocenters. The number of aromatic nitrogens is 4. The van der Waals surface area contributed by atoms with Crippen molar-refractivity contribution in [2.75, 3.05) is 18.0 Å². The van der Waals surface area contributed by atoms with Gasteiger partial charge < -0.3 is 10.6 Å². The number of primary amides is 1. The molecular weight excluding hydrogens is 184 g/mol. The zero-order valence-electron chi connectivity index (χ0n) is 7.76. The molecule has 0 bridgehead atoms. The van der Waals surface area contributed by atoms with Crippen LogP contribution in [0.2, 0.25) is 0 Å². The van der Waals surface area contributed by atoms with E-state index in [0.717, 1.165) is 25.9 Å². The van der Waals surface area contributed by atoms with Crippen molar-refractivity contribution < 1.29 is 4.79 Å². The van der Waals surface area contributed by atoms with Crippen LogP contribution in [0.3, 0.4) is 0 Å². The number of nitrogens with two attached hydrogens (primary N) is 1. The highest BCUT2D eigenvalue weighted by atomic mass is 16.1. The molecule has 7 nitrogen and oxygen atoms in total. The molecule has 0 saturated carbocycles. The lowest BCUT2D eigenvalue weighted by molar-refractivity contribution is -0.118. The predicted octanol–water partition coefficient (Wildman–Crippen LogP) is -1.24. The van der Waals surface area contributed by atoms with Crippen molar-refractivity contribution >= 4 is 11.9 Å². The quantitative estimate of drug-likeness (QED) is 0.653. The van der Waals surface area contributed by atoms with E-state index in [-0.39, 0.29) is 6.54 Å². The summed E-state index contributed by atoms with van der Waals surface area (Å²) >= 11 is 0. The minimum Gasteiger partial charge on any atom is -0.368 e. The van der Waals surface area contributed by atoms with Crippen LogP contribution in [0.25, 0.3) is 0 Å². The van der Waals surface area contributed by atoms with E-state index in [1.165, 1.54) is 4.80 Å². The molecule has 1 aromatic rings. The third-order valence-electron chi connectivity index (χ3n) is 2.13. The Bertz CT molecular complexity index is 329. The molecular formula is C7H12N6O. The van der Waals surface area contributed by atoms with E-state index in [2.05, 4.69) is 15.4 Å². The first-order valence-electron chi connectivity index (χ1n) is 4.57. The Morgan fingerprint density at radius 2 is 2.14 bits per heavy atom. The van der Waals surface area contributed by atoms with Gasteiger partial charge in [0.25, 0.3) is 5.95 Å². The Morgan fingerprint density at radius 1 is 1.43 bits per heavy atom. The van der Waals surface area contributed by atoms with Crippen LogP contribution in [0.15, 0.2) is 0 Å². The van der Waals surface area contributed by atoms with Crippen LogP contribution in [0.1, 0.15) is 12.8 Å². The lowest BCUT2D eigenvalue weighted by atomic mass is 10.4. The number of rotatable bonds is 3. The van der Waals surface area contributed by atoms with E-state index in [0.29, 0.717) is 5.95 Å². The molecule has 0 spiro atoms. The molecule has 1 fully saturated rings. The summed E-state index contributed by atoms with van der Waals surface area (Å²) in [6.45, 7) is 1.91. The number of hydrogen-bond acceptors (Lipinski definition) is 5. The van der Waals surface area contributed by atoms with Gasteiger partial charge in [-0.1, -0.05) is 5.10 Å². The smallest absolute Gasteiger partial charge is 0.266 e. The number of tetrazole rings is 1. The maximum Gasteiger partial charge on any atom is 0.266 e. The molecule has 1 aliphatic rings. The van der Waals surface area contributed by atoms with Gasteiger partial charge in [-0.15, -0.1) is 5.10 Å². The topological polar surface area (TPSA) is 89.9 Å². The van der Waals surface area contributed by atoms with Crippen LogP contribution < -0.4 is 10.6 Å². The first-order valence-corrected chi connectivity index (χ1v) is 4.57. The van der Waals surface area contributed by atoms with E-state index in [4.69, 9.17) is 5.73 Å². The summed E-state index contributed by atoms with van der Waals surface area (Å²) in [5, 5.41) is 11.6. The highest BCUT2D eigenvalue weighted by Gasteiger charge is 2.16. The van der Waals surface area contributed by atoms with Crippen molar-refractivity contribution in [2.24, 2.45) is 5.73 Å². The average Bonchev–Trinajstić information content (AvgIpc) is 2.69. The van der Waals surface area contributed by atoms with Gasteiger partial charge >= 0.3 is 0 Å². The first kappa shape index (κ1) is 8.92. The van der Waals surface area contributed by atoms with E-state index in [1.54, 1.807) is 0 Å². The van der Waals surface area contributed by atoms with E-state index >= 15 is 0 Å². The van der Waals surface area contributed by atoms with Gasteiger partial charge in [-0.05, 0) is 18.1 Å². The SMILES string of the molecule is NC(=O)Cn1nnc(N2CCCC2)n1. The van der Waals surface area contributed by atoms with Crippen molar-refractivity contribution in [1.82, 2.24) is 20.2 Å². The summed E-state index contributed by atoms with van der Waals surface area (Å²) in [7, 11) is 0. The molecule has 0 atom stereocenters. The molecule has 2 heterocycles. The average molecular weight is 196 g/mol. The van der Waals surface area contributed by atoms with E-state index in [9.17, 15) is 4.79 Å². The first-order chi connectivity index (χ1) is 6.75. The van der Waals surface area contributed by atoms with Gasteiger partial charge in [0.05, 0.1) is 0 Å². The fourth-order valence-corrected chi connectivity index (χ4v) is 1.48. The molecule has 2 N–H and O–H groups in total. The van der Waals surface area contributed by atoms with Crippen molar-refractivity contribution in [3.63, 3.8) is 0 Å². The minimum absolute atomic E-state index is 0.0131. The van der Waals surface area contributed by atoms with Gasteiger partial charge in [-0.3, -0.25) is 4.79 Å². The Balaban J connectivity index is 2.05. The lowest BCUT2D eigenvalue weighted by Crippen LogP contribution is -2.22. The molecule has 1 aromatic heterocycles.